The second-order valence-electron chi connectivity index (χ2n) is 7.45. The molecule has 2 aromatic carbocycles. The molecule has 7 nitrogen and oxygen atoms in total. The molecule has 2 aliphatic rings. The summed E-state index contributed by atoms with van der Waals surface area (Å²) in [6.07, 6.45) is 0. The van der Waals surface area contributed by atoms with Crippen molar-refractivity contribution in [3.8, 4) is 5.69 Å². The Morgan fingerprint density at radius 1 is 1.10 bits per heavy atom. The van der Waals surface area contributed by atoms with Gasteiger partial charge in [0.25, 0.3) is 5.91 Å². The van der Waals surface area contributed by atoms with Crippen LogP contribution in [0.25, 0.3) is 5.69 Å². The van der Waals surface area contributed by atoms with Gasteiger partial charge in [-0.15, -0.1) is 0 Å². The Hall–Kier alpha value is -3.16. The summed E-state index contributed by atoms with van der Waals surface area (Å²) < 4.78 is 8.62. The third-order valence-electron chi connectivity index (χ3n) is 5.66. The first-order valence-corrected chi connectivity index (χ1v) is 10.6. The number of rotatable bonds is 4. The Morgan fingerprint density at radius 2 is 1.90 bits per heavy atom. The maximum Gasteiger partial charge on any atom is 0.333 e. The lowest BCUT2D eigenvalue weighted by atomic mass is 10.0. The van der Waals surface area contributed by atoms with E-state index in [1.165, 1.54) is 0 Å². The van der Waals surface area contributed by atoms with Gasteiger partial charge in [-0.1, -0.05) is 41.9 Å². The highest BCUT2D eigenvalue weighted by Crippen LogP contribution is 2.29. The van der Waals surface area contributed by atoms with Crippen molar-refractivity contribution in [1.29, 1.82) is 0 Å². The molecule has 2 aliphatic heterocycles. The molecule has 0 saturated heterocycles. The highest BCUT2D eigenvalue weighted by Gasteiger charge is 2.34. The predicted octanol–water partition coefficient (Wildman–Crippen LogP) is 3.09. The molecule has 0 spiro atoms. The highest BCUT2D eigenvalue weighted by atomic mass is 35.5. The number of benzene rings is 2. The second kappa shape index (κ2) is 7.83. The Morgan fingerprint density at radius 3 is 2.68 bits per heavy atom. The molecule has 158 valence electrons. The smallest absolute Gasteiger partial charge is 0.333 e. The van der Waals surface area contributed by atoms with Gasteiger partial charge >= 0.3 is 5.69 Å². The van der Waals surface area contributed by atoms with Gasteiger partial charge in [-0.25, -0.2) is 4.79 Å². The van der Waals surface area contributed by atoms with Crippen LogP contribution in [0.15, 0.2) is 58.3 Å². The number of hydrogen-bond acceptors (Lipinski definition) is 4. The molecule has 1 amide bonds. The molecular weight excluding hydrogens is 416 g/mol. The lowest BCUT2D eigenvalue weighted by Crippen LogP contribution is -2.44. The van der Waals surface area contributed by atoms with Crippen molar-refractivity contribution in [3.63, 3.8) is 0 Å². The topological polar surface area (TPSA) is 68.8 Å². The molecule has 0 bridgehead atoms. The molecule has 3 aromatic rings. The quantitative estimate of drug-likeness (QED) is 0.631. The van der Waals surface area contributed by atoms with Gasteiger partial charge in [0.05, 0.1) is 23.6 Å². The molecule has 31 heavy (non-hydrogen) atoms. The maximum atomic E-state index is 13.4. The summed E-state index contributed by atoms with van der Waals surface area (Å²) in [5.41, 5.74) is 3.85. The van der Waals surface area contributed by atoms with E-state index in [2.05, 4.69) is 0 Å². The number of fused-ring (bicyclic) bond motifs is 5. The van der Waals surface area contributed by atoms with Crippen LogP contribution in [0.4, 0.5) is 0 Å². The molecule has 1 aromatic heterocycles. The van der Waals surface area contributed by atoms with E-state index in [1.54, 1.807) is 20.1 Å². The molecule has 0 atom stereocenters. The van der Waals surface area contributed by atoms with E-state index in [4.69, 9.17) is 21.3 Å². The zero-order valence-corrected chi connectivity index (χ0v) is 17.8. The van der Waals surface area contributed by atoms with E-state index in [0.29, 0.717) is 41.8 Å². The standard InChI is InChI=1S/C23H21ClN4O3/c1-2-31-14-26-10-11-27-21(22(26)29)19-13-25-20(15-6-4-3-5-7-15)17-12-16(24)8-9-18(17)28(19)23(27)30/h3-9,12H,2,10-11,13-14H2,1H3. The fourth-order valence-corrected chi connectivity index (χ4v) is 4.38. The summed E-state index contributed by atoms with van der Waals surface area (Å²) >= 11 is 6.32. The number of nitrogens with zero attached hydrogens (tertiary/aromatic N) is 4. The Kier molecular flexibility index (Phi) is 5.00. The number of carbonyl (C=O) groups is 1. The van der Waals surface area contributed by atoms with E-state index < -0.39 is 0 Å². The van der Waals surface area contributed by atoms with Crippen LogP contribution in [0, 0.1) is 0 Å². The first-order valence-electron chi connectivity index (χ1n) is 10.2. The molecular formula is C23H21ClN4O3. The largest absolute Gasteiger partial charge is 0.361 e. The monoisotopic (exact) mass is 436 g/mol. The molecule has 8 heteroatoms. The first kappa shape index (κ1) is 19.8. The van der Waals surface area contributed by atoms with E-state index in [0.717, 1.165) is 16.8 Å². The third-order valence-corrected chi connectivity index (χ3v) is 5.89. The molecule has 0 unspecified atom stereocenters. The lowest BCUT2D eigenvalue weighted by molar-refractivity contribution is 0.0219. The Labute approximate surface area is 184 Å². The van der Waals surface area contributed by atoms with Gasteiger partial charge in [-0.2, -0.15) is 0 Å². The van der Waals surface area contributed by atoms with Crippen molar-refractivity contribution < 1.29 is 9.53 Å². The number of halogens is 1. The van der Waals surface area contributed by atoms with Crippen LogP contribution < -0.4 is 5.69 Å². The molecule has 0 N–H and O–H groups in total. The number of aliphatic imine (C=N–C) groups is 1. The van der Waals surface area contributed by atoms with Crippen molar-refractivity contribution >= 4 is 23.2 Å². The van der Waals surface area contributed by atoms with Crippen LogP contribution in [0.5, 0.6) is 0 Å². The van der Waals surface area contributed by atoms with Gasteiger partial charge < -0.3 is 9.64 Å². The van der Waals surface area contributed by atoms with Crippen LogP contribution in [0.2, 0.25) is 5.02 Å². The van der Waals surface area contributed by atoms with Crippen LogP contribution >= 0.6 is 11.6 Å². The summed E-state index contributed by atoms with van der Waals surface area (Å²) in [6, 6.07) is 15.2. The first-order chi connectivity index (χ1) is 15.1. The number of hydrogen-bond donors (Lipinski definition) is 0. The summed E-state index contributed by atoms with van der Waals surface area (Å²) in [5.74, 6) is -0.209. The summed E-state index contributed by atoms with van der Waals surface area (Å²) in [6.45, 7) is 3.67. The summed E-state index contributed by atoms with van der Waals surface area (Å²) in [7, 11) is 0. The molecule has 0 radical (unpaired) electrons. The zero-order valence-electron chi connectivity index (χ0n) is 17.0. The minimum atomic E-state index is -0.234. The van der Waals surface area contributed by atoms with E-state index in [1.807, 2.05) is 49.4 Å². The normalized spacial score (nSPS) is 15.1. The molecule has 0 saturated carbocycles. The highest BCUT2D eigenvalue weighted by molar-refractivity contribution is 6.31. The van der Waals surface area contributed by atoms with Gasteiger partial charge in [-0.3, -0.25) is 18.9 Å². The molecule has 5 rings (SSSR count). The van der Waals surface area contributed by atoms with Crippen LogP contribution in [-0.4, -0.2) is 45.5 Å². The minimum absolute atomic E-state index is 0.207. The number of ether oxygens (including phenoxy) is 1. The maximum absolute atomic E-state index is 13.4. The summed E-state index contributed by atoms with van der Waals surface area (Å²) in [5, 5.41) is 0.557. The molecule has 0 aliphatic carbocycles. The molecule has 3 heterocycles. The average Bonchev–Trinajstić information content (AvgIpc) is 2.96. The number of imidazole rings is 1. The van der Waals surface area contributed by atoms with Gasteiger partial charge in [0.2, 0.25) is 0 Å². The number of carbonyl (C=O) groups excluding carboxylic acids is 1. The van der Waals surface area contributed by atoms with Crippen molar-refractivity contribution in [2.75, 3.05) is 19.9 Å². The lowest BCUT2D eigenvalue weighted by Gasteiger charge is -2.27. The number of amides is 1. The van der Waals surface area contributed by atoms with Gasteiger partial charge in [-0.05, 0) is 25.1 Å². The van der Waals surface area contributed by atoms with Crippen LogP contribution in [0.3, 0.4) is 0 Å². The zero-order chi connectivity index (χ0) is 21.5. The van der Waals surface area contributed by atoms with Crippen molar-refractivity contribution in [1.82, 2.24) is 14.0 Å². The van der Waals surface area contributed by atoms with E-state index in [9.17, 15) is 9.59 Å². The van der Waals surface area contributed by atoms with Crippen molar-refractivity contribution in [3.05, 3.63) is 86.6 Å². The van der Waals surface area contributed by atoms with Crippen molar-refractivity contribution in [2.45, 2.75) is 20.0 Å². The minimum Gasteiger partial charge on any atom is -0.361 e. The Bertz CT molecular complexity index is 1260. The fourth-order valence-electron chi connectivity index (χ4n) is 4.21. The molecule has 0 fully saturated rings. The second-order valence-corrected chi connectivity index (χ2v) is 7.88. The van der Waals surface area contributed by atoms with E-state index in [-0.39, 0.29) is 24.9 Å². The van der Waals surface area contributed by atoms with Crippen LogP contribution in [0.1, 0.15) is 34.2 Å². The van der Waals surface area contributed by atoms with Gasteiger partial charge in [0.15, 0.2) is 0 Å². The average molecular weight is 437 g/mol. The van der Waals surface area contributed by atoms with E-state index >= 15 is 0 Å². The predicted molar refractivity (Wildman–Crippen MR) is 118 cm³/mol. The van der Waals surface area contributed by atoms with Crippen LogP contribution in [-0.2, 0) is 17.8 Å². The van der Waals surface area contributed by atoms with Crippen molar-refractivity contribution in [2.24, 2.45) is 4.99 Å². The van der Waals surface area contributed by atoms with Gasteiger partial charge in [0, 0.05) is 35.8 Å². The fraction of sp³-hybridized carbons (Fsp3) is 0.261. The summed E-state index contributed by atoms with van der Waals surface area (Å²) in [4.78, 5) is 33.1. The van der Waals surface area contributed by atoms with Gasteiger partial charge in [0.1, 0.15) is 12.4 Å². The Balaban J connectivity index is 1.72. The SMILES string of the molecule is CCOCN1CCn2c(c3n(c2=O)-c2ccc(Cl)cc2C(c2ccccc2)=NC3)C1=O. The number of aromatic nitrogens is 2. The third kappa shape index (κ3) is 3.21.